The summed E-state index contributed by atoms with van der Waals surface area (Å²) < 4.78 is 0. The van der Waals surface area contributed by atoms with Crippen LogP contribution in [0.1, 0.15) is 24.4 Å². The molecule has 1 aliphatic heterocycles. The van der Waals surface area contributed by atoms with Crippen LogP contribution in [-0.4, -0.2) is 22.7 Å². The Morgan fingerprint density at radius 3 is 2.85 bits per heavy atom. The highest BCUT2D eigenvalue weighted by Gasteiger charge is 2.23. The summed E-state index contributed by atoms with van der Waals surface area (Å²) in [5.41, 5.74) is 1.13. The molecule has 0 bridgehead atoms. The molecule has 2 N–H and O–H groups in total. The lowest BCUT2D eigenvalue weighted by Gasteiger charge is -2.29. The maximum Gasteiger partial charge on any atom is 0.0735 e. The van der Waals surface area contributed by atoms with Crippen molar-refractivity contribution in [2.75, 3.05) is 6.54 Å². The lowest BCUT2D eigenvalue weighted by molar-refractivity contribution is 0.0965. The lowest BCUT2D eigenvalue weighted by Crippen LogP contribution is -2.37. The first-order chi connectivity index (χ1) is 6.38. The van der Waals surface area contributed by atoms with Crippen LogP contribution in [0, 0.1) is 0 Å². The first kappa shape index (κ1) is 8.66. The zero-order valence-corrected chi connectivity index (χ0v) is 7.48. The van der Waals surface area contributed by atoms with Gasteiger partial charge < -0.3 is 10.4 Å². The van der Waals surface area contributed by atoms with E-state index in [2.05, 4.69) is 10.3 Å². The van der Waals surface area contributed by atoms with E-state index >= 15 is 0 Å². The van der Waals surface area contributed by atoms with Gasteiger partial charge in [0.25, 0.3) is 0 Å². The molecule has 3 heteroatoms. The molecule has 0 aromatic carbocycles. The minimum atomic E-state index is -0.254. The largest absolute Gasteiger partial charge is 0.391 e. The Kier molecular flexibility index (Phi) is 2.57. The van der Waals surface area contributed by atoms with Crippen LogP contribution in [0.25, 0.3) is 0 Å². The molecule has 0 spiro atoms. The molecule has 1 aromatic heterocycles. The molecule has 2 heterocycles. The van der Waals surface area contributed by atoms with Crippen molar-refractivity contribution >= 4 is 0 Å². The second-order valence-corrected chi connectivity index (χ2v) is 3.42. The van der Waals surface area contributed by atoms with Crippen molar-refractivity contribution in [1.82, 2.24) is 10.3 Å². The van der Waals surface area contributed by atoms with Gasteiger partial charge in [0.05, 0.1) is 12.1 Å². The van der Waals surface area contributed by atoms with Gasteiger partial charge in [-0.15, -0.1) is 0 Å². The summed E-state index contributed by atoms with van der Waals surface area (Å²) in [6.45, 7) is 0.990. The first-order valence-electron chi connectivity index (χ1n) is 4.69. The van der Waals surface area contributed by atoms with E-state index in [1.807, 2.05) is 12.1 Å². The highest BCUT2D eigenvalue weighted by Crippen LogP contribution is 2.22. The van der Waals surface area contributed by atoms with Gasteiger partial charge >= 0.3 is 0 Å². The molecular weight excluding hydrogens is 164 g/mol. The zero-order chi connectivity index (χ0) is 9.10. The Morgan fingerprint density at radius 2 is 2.15 bits per heavy atom. The van der Waals surface area contributed by atoms with E-state index in [-0.39, 0.29) is 12.1 Å². The molecule has 1 aromatic rings. The number of pyridine rings is 1. The number of aliphatic hydroxyl groups is 1. The Labute approximate surface area is 77.8 Å². The average molecular weight is 178 g/mol. The van der Waals surface area contributed by atoms with Gasteiger partial charge in [-0.1, -0.05) is 0 Å². The van der Waals surface area contributed by atoms with Gasteiger partial charge in [-0.3, -0.25) is 4.98 Å². The Bertz CT molecular complexity index is 263. The van der Waals surface area contributed by atoms with Gasteiger partial charge in [0, 0.05) is 12.4 Å². The number of rotatable bonds is 1. The maximum absolute atomic E-state index is 9.74. The highest BCUT2D eigenvalue weighted by atomic mass is 16.3. The molecule has 0 radical (unpaired) electrons. The summed E-state index contributed by atoms with van der Waals surface area (Å²) in [6, 6.07) is 4.00. The quantitative estimate of drug-likeness (QED) is 0.670. The van der Waals surface area contributed by atoms with Crippen LogP contribution in [0.4, 0.5) is 0 Å². The standard InChI is InChI=1S/C10H14N2O/c13-9-2-1-5-12-10(9)8-3-6-11-7-4-8/h3-4,6-7,9-10,12-13H,1-2,5H2. The molecule has 1 saturated heterocycles. The molecular formula is C10H14N2O. The van der Waals surface area contributed by atoms with E-state index in [0.717, 1.165) is 24.9 Å². The predicted octanol–water partition coefficient (Wildman–Crippen LogP) is 0.867. The molecule has 2 rings (SSSR count). The van der Waals surface area contributed by atoms with Crippen LogP contribution in [0.15, 0.2) is 24.5 Å². The zero-order valence-electron chi connectivity index (χ0n) is 7.48. The maximum atomic E-state index is 9.74. The second-order valence-electron chi connectivity index (χ2n) is 3.42. The normalized spacial score (nSPS) is 28.7. The fourth-order valence-corrected chi connectivity index (χ4v) is 1.78. The smallest absolute Gasteiger partial charge is 0.0735 e. The van der Waals surface area contributed by atoms with Crippen molar-refractivity contribution in [3.8, 4) is 0 Å². The summed E-state index contributed by atoms with van der Waals surface area (Å²) in [5, 5.41) is 13.0. The fourth-order valence-electron chi connectivity index (χ4n) is 1.78. The van der Waals surface area contributed by atoms with Crippen molar-refractivity contribution in [3.63, 3.8) is 0 Å². The van der Waals surface area contributed by atoms with Crippen LogP contribution in [-0.2, 0) is 0 Å². The second kappa shape index (κ2) is 3.85. The number of piperidine rings is 1. The molecule has 2 atom stereocenters. The average Bonchev–Trinajstić information content (AvgIpc) is 2.20. The molecule has 0 aliphatic carbocycles. The highest BCUT2D eigenvalue weighted by molar-refractivity contribution is 5.17. The number of aromatic nitrogens is 1. The van der Waals surface area contributed by atoms with E-state index in [1.54, 1.807) is 12.4 Å². The molecule has 0 amide bonds. The monoisotopic (exact) mass is 178 g/mol. The van der Waals surface area contributed by atoms with Crippen LogP contribution >= 0.6 is 0 Å². The topological polar surface area (TPSA) is 45.1 Å². The van der Waals surface area contributed by atoms with E-state index in [1.165, 1.54) is 0 Å². The minimum absolute atomic E-state index is 0.0942. The van der Waals surface area contributed by atoms with E-state index < -0.39 is 0 Å². The summed E-state index contributed by atoms with van der Waals surface area (Å²) in [7, 11) is 0. The van der Waals surface area contributed by atoms with E-state index in [0.29, 0.717) is 0 Å². The van der Waals surface area contributed by atoms with Gasteiger partial charge in [-0.2, -0.15) is 0 Å². The van der Waals surface area contributed by atoms with Gasteiger partial charge in [-0.05, 0) is 37.1 Å². The van der Waals surface area contributed by atoms with Crippen LogP contribution in [0.5, 0.6) is 0 Å². The SMILES string of the molecule is OC1CCCNC1c1ccncc1. The van der Waals surface area contributed by atoms with Gasteiger partial charge in [0.1, 0.15) is 0 Å². The number of nitrogens with one attached hydrogen (secondary N) is 1. The molecule has 13 heavy (non-hydrogen) atoms. The molecule has 1 fully saturated rings. The summed E-state index contributed by atoms with van der Waals surface area (Å²) >= 11 is 0. The van der Waals surface area contributed by atoms with Crippen molar-refractivity contribution in [2.45, 2.75) is 25.0 Å². The molecule has 1 aliphatic rings. The molecule has 0 saturated carbocycles. The summed E-state index contributed by atoms with van der Waals surface area (Å²) in [4.78, 5) is 3.96. The third-order valence-electron chi connectivity index (χ3n) is 2.49. The molecule has 3 nitrogen and oxygen atoms in total. The number of hydrogen-bond donors (Lipinski definition) is 2. The predicted molar refractivity (Wildman–Crippen MR) is 50.2 cm³/mol. The third kappa shape index (κ3) is 1.87. The van der Waals surface area contributed by atoms with E-state index in [4.69, 9.17) is 0 Å². The lowest BCUT2D eigenvalue weighted by atomic mass is 9.95. The van der Waals surface area contributed by atoms with Crippen LogP contribution in [0.2, 0.25) is 0 Å². The van der Waals surface area contributed by atoms with Crippen molar-refractivity contribution in [3.05, 3.63) is 30.1 Å². The van der Waals surface area contributed by atoms with Crippen LogP contribution < -0.4 is 5.32 Å². The third-order valence-corrected chi connectivity index (χ3v) is 2.49. The number of nitrogens with zero attached hydrogens (tertiary/aromatic N) is 1. The van der Waals surface area contributed by atoms with Gasteiger partial charge in [0.2, 0.25) is 0 Å². The first-order valence-corrected chi connectivity index (χ1v) is 4.69. The van der Waals surface area contributed by atoms with Crippen LogP contribution in [0.3, 0.4) is 0 Å². The minimum Gasteiger partial charge on any atom is -0.391 e. The van der Waals surface area contributed by atoms with Crippen molar-refractivity contribution < 1.29 is 5.11 Å². The van der Waals surface area contributed by atoms with Crippen molar-refractivity contribution in [2.24, 2.45) is 0 Å². The fraction of sp³-hybridized carbons (Fsp3) is 0.500. The Balaban J connectivity index is 2.15. The van der Waals surface area contributed by atoms with Crippen molar-refractivity contribution in [1.29, 1.82) is 0 Å². The molecule has 2 unspecified atom stereocenters. The molecule has 70 valence electrons. The Hall–Kier alpha value is -0.930. The summed E-state index contributed by atoms with van der Waals surface area (Å²) in [5.74, 6) is 0. The van der Waals surface area contributed by atoms with Gasteiger partial charge in [0.15, 0.2) is 0 Å². The number of aliphatic hydroxyl groups excluding tert-OH is 1. The number of hydrogen-bond acceptors (Lipinski definition) is 3. The Morgan fingerprint density at radius 1 is 1.38 bits per heavy atom. The van der Waals surface area contributed by atoms with Gasteiger partial charge in [-0.25, -0.2) is 0 Å². The summed E-state index contributed by atoms with van der Waals surface area (Å²) in [6.07, 6.45) is 5.22. The van der Waals surface area contributed by atoms with E-state index in [9.17, 15) is 5.11 Å².